The van der Waals surface area contributed by atoms with E-state index in [1.165, 1.54) is 24.3 Å². The van der Waals surface area contributed by atoms with Crippen molar-refractivity contribution in [2.45, 2.75) is 46.3 Å². The normalized spacial score (nSPS) is 16.3. The minimum Gasteiger partial charge on any atom is -0.390 e. The van der Waals surface area contributed by atoms with Gasteiger partial charge in [0.25, 0.3) is 0 Å². The molecule has 2 aromatic rings. The van der Waals surface area contributed by atoms with Crippen LogP contribution in [0.1, 0.15) is 44.7 Å². The lowest BCUT2D eigenvalue weighted by Gasteiger charge is -2.28. The Morgan fingerprint density at radius 2 is 1.66 bits per heavy atom. The zero-order valence-corrected chi connectivity index (χ0v) is 17.0. The summed E-state index contributed by atoms with van der Waals surface area (Å²) in [4.78, 5) is 20.2. The van der Waals surface area contributed by atoms with Crippen LogP contribution in [0.2, 0.25) is 0 Å². The molecule has 3 rings (SSSR count). The molecule has 1 aliphatic rings. The van der Waals surface area contributed by atoms with Crippen LogP contribution in [-0.4, -0.2) is 29.2 Å². The van der Waals surface area contributed by atoms with Crippen molar-refractivity contribution in [3.05, 3.63) is 71.3 Å². The largest absolute Gasteiger partial charge is 0.390 e. The molecule has 1 heterocycles. The van der Waals surface area contributed by atoms with E-state index in [1.54, 1.807) is 29.2 Å². The summed E-state index contributed by atoms with van der Waals surface area (Å²) in [6.07, 6.45) is 0.653. The average molecular weight is 400 g/mol. The maximum Gasteiger partial charge on any atom is 0.223 e. The molecule has 0 saturated heterocycles. The highest BCUT2D eigenvalue weighted by molar-refractivity contribution is 6.01. The summed E-state index contributed by atoms with van der Waals surface area (Å²) in [5.74, 6) is -0.596. The van der Waals surface area contributed by atoms with Crippen molar-refractivity contribution in [1.82, 2.24) is 4.90 Å². The molecular weight excluding hydrogens is 374 g/mol. The van der Waals surface area contributed by atoms with Crippen LogP contribution in [0.15, 0.2) is 53.7 Å². The van der Waals surface area contributed by atoms with Gasteiger partial charge in [-0.1, -0.05) is 50.2 Å². The Bertz CT molecular complexity index is 871. The lowest BCUT2D eigenvalue weighted by atomic mass is 9.91. The molecule has 0 saturated carbocycles. The molecule has 0 bridgehead atoms. The fourth-order valence-electron chi connectivity index (χ4n) is 3.22. The Morgan fingerprint density at radius 3 is 2.24 bits per heavy atom. The number of amides is 1. The second kappa shape index (κ2) is 8.72. The van der Waals surface area contributed by atoms with E-state index in [0.717, 1.165) is 16.8 Å². The highest BCUT2D eigenvalue weighted by Crippen LogP contribution is 2.23. The third-order valence-electron chi connectivity index (χ3n) is 4.66. The molecule has 154 valence electrons. The number of halogens is 2. The highest BCUT2D eigenvalue weighted by atomic mass is 19.1. The van der Waals surface area contributed by atoms with E-state index >= 15 is 0 Å². The third kappa shape index (κ3) is 6.11. The van der Waals surface area contributed by atoms with E-state index in [0.29, 0.717) is 25.9 Å². The molecule has 0 N–H and O–H groups in total. The lowest BCUT2D eigenvalue weighted by molar-refractivity contribution is -0.135. The van der Waals surface area contributed by atoms with Crippen molar-refractivity contribution < 1.29 is 18.4 Å². The van der Waals surface area contributed by atoms with Crippen LogP contribution in [0.5, 0.6) is 0 Å². The van der Waals surface area contributed by atoms with Crippen LogP contribution in [0.3, 0.4) is 0 Å². The van der Waals surface area contributed by atoms with Crippen LogP contribution in [0, 0.1) is 17.0 Å². The van der Waals surface area contributed by atoms with Gasteiger partial charge in [0.15, 0.2) is 6.10 Å². The fourth-order valence-corrected chi connectivity index (χ4v) is 3.22. The van der Waals surface area contributed by atoms with Gasteiger partial charge in [-0.25, -0.2) is 8.78 Å². The molecule has 1 atom stereocenters. The molecular formula is C23H26F2N2O2. The minimum atomic E-state index is -0.308. The van der Waals surface area contributed by atoms with Crippen molar-refractivity contribution in [2.75, 3.05) is 6.54 Å². The number of hydrogen-bond donors (Lipinski definition) is 0. The topological polar surface area (TPSA) is 41.9 Å². The maximum absolute atomic E-state index is 13.2. The monoisotopic (exact) mass is 400 g/mol. The molecule has 0 radical (unpaired) electrons. The Morgan fingerprint density at radius 1 is 1.07 bits per heavy atom. The van der Waals surface area contributed by atoms with Gasteiger partial charge in [0.2, 0.25) is 5.91 Å². The standard InChI is InChI=1S/C23H26F2N2O2/c1-23(2,3)13-22(28)27(14-16-4-8-18(24)9-5-16)15-20-12-21(26-29-20)17-6-10-19(25)11-7-17/h4-11,20H,12-15H2,1-3H3/t20-/m0/s1. The van der Waals surface area contributed by atoms with E-state index in [4.69, 9.17) is 4.84 Å². The number of carbonyl (C=O) groups excluding carboxylic acids is 1. The second-order valence-corrected chi connectivity index (χ2v) is 8.61. The summed E-state index contributed by atoms with van der Waals surface area (Å²) in [5, 5.41) is 4.13. The lowest BCUT2D eigenvalue weighted by Crippen LogP contribution is -2.38. The molecule has 6 heteroatoms. The summed E-state index contributed by atoms with van der Waals surface area (Å²) in [7, 11) is 0. The van der Waals surface area contributed by atoms with Crippen molar-refractivity contribution in [3.8, 4) is 0 Å². The van der Waals surface area contributed by atoms with Gasteiger partial charge in [0.1, 0.15) is 11.6 Å². The molecule has 29 heavy (non-hydrogen) atoms. The van der Waals surface area contributed by atoms with Gasteiger partial charge in [0.05, 0.1) is 12.3 Å². The van der Waals surface area contributed by atoms with Gasteiger partial charge in [-0.15, -0.1) is 0 Å². The van der Waals surface area contributed by atoms with Gasteiger partial charge in [-0.3, -0.25) is 4.79 Å². The van der Waals surface area contributed by atoms with E-state index in [9.17, 15) is 13.6 Å². The fraction of sp³-hybridized carbons (Fsp3) is 0.391. The van der Waals surface area contributed by atoms with E-state index in [2.05, 4.69) is 5.16 Å². The number of rotatable bonds is 6. The molecule has 4 nitrogen and oxygen atoms in total. The Labute approximate surface area is 170 Å². The predicted molar refractivity (Wildman–Crippen MR) is 108 cm³/mol. The summed E-state index contributed by atoms with van der Waals surface area (Å²) in [5.41, 5.74) is 2.25. The van der Waals surface area contributed by atoms with Crippen LogP contribution < -0.4 is 0 Å². The number of carbonyl (C=O) groups is 1. The number of nitrogens with zero attached hydrogens (tertiary/aromatic N) is 2. The zero-order chi connectivity index (χ0) is 21.0. The number of benzene rings is 2. The summed E-state index contributed by atoms with van der Waals surface area (Å²) < 4.78 is 26.4. The number of hydrogen-bond acceptors (Lipinski definition) is 3. The van der Waals surface area contributed by atoms with Crippen LogP contribution >= 0.6 is 0 Å². The Balaban J connectivity index is 1.68. The van der Waals surface area contributed by atoms with Gasteiger partial charge < -0.3 is 9.74 Å². The van der Waals surface area contributed by atoms with E-state index in [1.807, 2.05) is 20.8 Å². The van der Waals surface area contributed by atoms with Crippen LogP contribution in [0.4, 0.5) is 8.78 Å². The minimum absolute atomic E-state index is 0.0145. The quantitative estimate of drug-likeness (QED) is 0.690. The van der Waals surface area contributed by atoms with Crippen molar-refractivity contribution in [1.29, 1.82) is 0 Å². The molecule has 1 amide bonds. The first kappa shape index (κ1) is 21.0. The van der Waals surface area contributed by atoms with Gasteiger partial charge in [-0.05, 0) is 40.8 Å². The Hall–Kier alpha value is -2.76. The van der Waals surface area contributed by atoms with E-state index < -0.39 is 0 Å². The highest BCUT2D eigenvalue weighted by Gasteiger charge is 2.28. The molecule has 1 aliphatic heterocycles. The summed E-state index contributed by atoms with van der Waals surface area (Å²) in [6.45, 7) is 6.80. The second-order valence-electron chi connectivity index (χ2n) is 8.61. The first-order chi connectivity index (χ1) is 13.7. The van der Waals surface area contributed by atoms with E-state index in [-0.39, 0.29) is 29.1 Å². The molecule has 0 fully saturated rings. The smallest absolute Gasteiger partial charge is 0.223 e. The van der Waals surface area contributed by atoms with Crippen LogP contribution in [0.25, 0.3) is 0 Å². The van der Waals surface area contributed by atoms with Crippen molar-refractivity contribution in [3.63, 3.8) is 0 Å². The van der Waals surface area contributed by atoms with Crippen molar-refractivity contribution >= 4 is 11.6 Å². The predicted octanol–water partition coefficient (Wildman–Crippen LogP) is 4.92. The maximum atomic E-state index is 13.2. The van der Waals surface area contributed by atoms with Gasteiger partial charge >= 0.3 is 0 Å². The molecule has 0 aliphatic carbocycles. The average Bonchev–Trinajstić information content (AvgIpc) is 3.11. The third-order valence-corrected chi connectivity index (χ3v) is 4.66. The van der Waals surface area contributed by atoms with Gasteiger partial charge in [-0.2, -0.15) is 0 Å². The SMILES string of the molecule is CC(C)(C)CC(=O)N(Cc1ccc(F)cc1)C[C@@H]1CC(c2ccc(F)cc2)=NO1. The summed E-state index contributed by atoms with van der Waals surface area (Å²) in [6, 6.07) is 12.3. The molecule has 0 aromatic heterocycles. The first-order valence-corrected chi connectivity index (χ1v) is 9.70. The molecule has 2 aromatic carbocycles. The van der Waals surface area contributed by atoms with Gasteiger partial charge in [0, 0.05) is 19.4 Å². The molecule has 0 spiro atoms. The van der Waals surface area contributed by atoms with Crippen LogP contribution in [-0.2, 0) is 16.2 Å². The summed E-state index contributed by atoms with van der Waals surface area (Å²) >= 11 is 0. The number of oxime groups is 1. The Kier molecular flexibility index (Phi) is 6.30. The zero-order valence-electron chi connectivity index (χ0n) is 17.0. The molecule has 0 unspecified atom stereocenters. The first-order valence-electron chi connectivity index (χ1n) is 9.70. The van der Waals surface area contributed by atoms with Crippen molar-refractivity contribution in [2.24, 2.45) is 10.6 Å².